The molecule has 0 atom stereocenters. The number of aromatic nitrogens is 3. The lowest BCUT2D eigenvalue weighted by molar-refractivity contribution is -0.384. The fourth-order valence-corrected chi connectivity index (χ4v) is 1.64. The standard InChI is InChI=1S/C10H7Cl2N5O3/c1-13-9-14-8(12)15-10(16-9)20-7-3-2-5(17(18)19)4-6(7)11/h2-4H,1H3,(H,13,14,15,16). The third kappa shape index (κ3) is 3.22. The summed E-state index contributed by atoms with van der Waals surface area (Å²) in [7, 11) is 1.61. The molecule has 0 saturated carbocycles. The molecule has 0 radical (unpaired) electrons. The van der Waals surface area contributed by atoms with E-state index in [-0.39, 0.29) is 33.7 Å². The summed E-state index contributed by atoms with van der Waals surface area (Å²) in [6, 6.07) is 3.68. The molecule has 0 spiro atoms. The van der Waals surface area contributed by atoms with Crippen LogP contribution in [0.15, 0.2) is 18.2 Å². The lowest BCUT2D eigenvalue weighted by Gasteiger charge is -2.06. The molecule has 1 aromatic heterocycles. The van der Waals surface area contributed by atoms with E-state index in [9.17, 15) is 10.1 Å². The van der Waals surface area contributed by atoms with Crippen LogP contribution in [0.2, 0.25) is 10.3 Å². The third-order valence-corrected chi connectivity index (χ3v) is 2.60. The normalized spacial score (nSPS) is 10.2. The first-order chi connectivity index (χ1) is 9.49. The number of rotatable bonds is 4. The van der Waals surface area contributed by atoms with Crippen molar-refractivity contribution in [2.24, 2.45) is 0 Å². The number of nitro groups is 1. The van der Waals surface area contributed by atoms with Gasteiger partial charge in [-0.2, -0.15) is 15.0 Å². The van der Waals surface area contributed by atoms with Crippen molar-refractivity contribution in [3.05, 3.63) is 38.6 Å². The molecule has 104 valence electrons. The van der Waals surface area contributed by atoms with Gasteiger partial charge in [0.1, 0.15) is 5.75 Å². The molecule has 1 aromatic carbocycles. The molecule has 0 aliphatic heterocycles. The fraction of sp³-hybridized carbons (Fsp3) is 0.100. The number of hydrogen-bond acceptors (Lipinski definition) is 7. The van der Waals surface area contributed by atoms with E-state index in [0.717, 1.165) is 0 Å². The topological polar surface area (TPSA) is 103 Å². The highest BCUT2D eigenvalue weighted by atomic mass is 35.5. The van der Waals surface area contributed by atoms with E-state index in [1.807, 2.05) is 0 Å². The molecular weight excluding hydrogens is 309 g/mol. The first kappa shape index (κ1) is 14.2. The summed E-state index contributed by atoms with van der Waals surface area (Å²) in [4.78, 5) is 21.5. The SMILES string of the molecule is CNc1nc(Cl)nc(Oc2ccc([N+](=O)[O-])cc2Cl)n1. The summed E-state index contributed by atoms with van der Waals surface area (Å²) in [5.41, 5.74) is -0.146. The quantitative estimate of drug-likeness (QED) is 0.683. The molecule has 0 saturated heterocycles. The number of nitrogens with one attached hydrogen (secondary N) is 1. The van der Waals surface area contributed by atoms with Crippen molar-refractivity contribution in [1.82, 2.24) is 15.0 Å². The maximum Gasteiger partial charge on any atom is 0.328 e. The highest BCUT2D eigenvalue weighted by Gasteiger charge is 2.13. The Bertz CT molecular complexity index is 667. The zero-order chi connectivity index (χ0) is 14.7. The lowest BCUT2D eigenvalue weighted by atomic mass is 10.3. The molecule has 0 unspecified atom stereocenters. The van der Waals surface area contributed by atoms with Crippen LogP contribution in [0.4, 0.5) is 11.6 Å². The number of benzene rings is 1. The average Bonchev–Trinajstić information content (AvgIpc) is 2.40. The van der Waals surface area contributed by atoms with Crippen molar-refractivity contribution in [2.45, 2.75) is 0 Å². The maximum absolute atomic E-state index is 10.6. The lowest BCUT2D eigenvalue weighted by Crippen LogP contribution is -2.01. The Morgan fingerprint density at radius 3 is 2.65 bits per heavy atom. The molecule has 2 rings (SSSR count). The monoisotopic (exact) mass is 315 g/mol. The van der Waals surface area contributed by atoms with E-state index in [0.29, 0.717) is 0 Å². The molecule has 1 N–H and O–H groups in total. The van der Waals surface area contributed by atoms with Gasteiger partial charge in [0.15, 0.2) is 0 Å². The van der Waals surface area contributed by atoms with Gasteiger partial charge >= 0.3 is 6.01 Å². The van der Waals surface area contributed by atoms with Gasteiger partial charge in [-0.1, -0.05) is 11.6 Å². The van der Waals surface area contributed by atoms with E-state index in [2.05, 4.69) is 20.3 Å². The predicted octanol–water partition coefficient (Wildman–Crippen LogP) is 2.92. The highest BCUT2D eigenvalue weighted by molar-refractivity contribution is 6.32. The zero-order valence-electron chi connectivity index (χ0n) is 10.0. The van der Waals surface area contributed by atoms with Crippen LogP contribution in [0.5, 0.6) is 11.8 Å². The van der Waals surface area contributed by atoms with E-state index < -0.39 is 4.92 Å². The van der Waals surface area contributed by atoms with Crippen LogP contribution in [0.1, 0.15) is 0 Å². The summed E-state index contributed by atoms with van der Waals surface area (Å²) in [6.45, 7) is 0. The average molecular weight is 316 g/mol. The van der Waals surface area contributed by atoms with Crippen LogP contribution in [0.25, 0.3) is 0 Å². The number of non-ortho nitro benzene ring substituents is 1. The van der Waals surface area contributed by atoms with Gasteiger partial charge in [-0.3, -0.25) is 10.1 Å². The van der Waals surface area contributed by atoms with Crippen molar-refractivity contribution in [3.63, 3.8) is 0 Å². The number of hydrogen-bond donors (Lipinski definition) is 1. The number of nitrogens with zero attached hydrogens (tertiary/aromatic N) is 4. The molecular formula is C10H7Cl2N5O3. The summed E-state index contributed by atoms with van der Waals surface area (Å²) in [5, 5.41) is 13.3. The van der Waals surface area contributed by atoms with Crippen LogP contribution in [-0.2, 0) is 0 Å². The van der Waals surface area contributed by atoms with E-state index in [1.54, 1.807) is 7.05 Å². The molecule has 10 heteroatoms. The molecule has 0 bridgehead atoms. The van der Waals surface area contributed by atoms with Gasteiger partial charge in [0.05, 0.1) is 9.95 Å². The summed E-state index contributed by atoms with van der Waals surface area (Å²) in [5.74, 6) is 0.389. The van der Waals surface area contributed by atoms with E-state index >= 15 is 0 Å². The van der Waals surface area contributed by atoms with Crippen LogP contribution < -0.4 is 10.1 Å². The van der Waals surface area contributed by atoms with Crippen molar-refractivity contribution in [1.29, 1.82) is 0 Å². The Balaban J connectivity index is 2.30. The minimum Gasteiger partial charge on any atom is -0.423 e. The maximum atomic E-state index is 10.6. The van der Waals surface area contributed by atoms with Gasteiger partial charge in [0.25, 0.3) is 5.69 Å². The number of anilines is 1. The summed E-state index contributed by atoms with van der Waals surface area (Å²) in [6.07, 6.45) is 0. The molecule has 0 fully saturated rings. The Labute approximate surface area is 122 Å². The number of ether oxygens (including phenoxy) is 1. The van der Waals surface area contributed by atoms with E-state index in [4.69, 9.17) is 27.9 Å². The highest BCUT2D eigenvalue weighted by Crippen LogP contribution is 2.31. The summed E-state index contributed by atoms with van der Waals surface area (Å²) >= 11 is 11.6. The van der Waals surface area contributed by atoms with Crippen LogP contribution in [-0.4, -0.2) is 26.9 Å². The van der Waals surface area contributed by atoms with Crippen molar-refractivity contribution < 1.29 is 9.66 Å². The number of nitro benzene ring substituents is 1. The molecule has 0 amide bonds. The second-order valence-corrected chi connectivity index (χ2v) is 4.18. The number of halogens is 2. The van der Waals surface area contributed by atoms with Gasteiger partial charge in [-0.05, 0) is 17.7 Å². The molecule has 0 aliphatic rings. The Morgan fingerprint density at radius 2 is 2.05 bits per heavy atom. The Morgan fingerprint density at radius 1 is 1.30 bits per heavy atom. The van der Waals surface area contributed by atoms with Crippen molar-refractivity contribution in [3.8, 4) is 11.8 Å². The minimum atomic E-state index is -0.561. The minimum absolute atomic E-state index is 0.0572. The summed E-state index contributed by atoms with van der Waals surface area (Å²) < 4.78 is 5.33. The van der Waals surface area contributed by atoms with Crippen molar-refractivity contribution in [2.75, 3.05) is 12.4 Å². The molecule has 20 heavy (non-hydrogen) atoms. The van der Waals surface area contributed by atoms with E-state index in [1.165, 1.54) is 18.2 Å². The largest absolute Gasteiger partial charge is 0.423 e. The van der Waals surface area contributed by atoms with Crippen LogP contribution in [0, 0.1) is 10.1 Å². The molecule has 0 aliphatic carbocycles. The fourth-order valence-electron chi connectivity index (χ4n) is 1.27. The smallest absolute Gasteiger partial charge is 0.328 e. The molecule has 1 heterocycles. The first-order valence-corrected chi connectivity index (χ1v) is 5.96. The predicted molar refractivity (Wildman–Crippen MR) is 72.6 cm³/mol. The second kappa shape index (κ2) is 5.85. The van der Waals surface area contributed by atoms with Crippen LogP contribution >= 0.6 is 23.2 Å². The van der Waals surface area contributed by atoms with Crippen LogP contribution in [0.3, 0.4) is 0 Å². The van der Waals surface area contributed by atoms with Crippen molar-refractivity contribution >= 4 is 34.8 Å². The van der Waals surface area contributed by atoms with Gasteiger partial charge in [0, 0.05) is 19.2 Å². The van der Waals surface area contributed by atoms with Gasteiger partial charge in [-0.25, -0.2) is 0 Å². The van der Waals surface area contributed by atoms with Gasteiger partial charge in [-0.15, -0.1) is 0 Å². The molecule has 8 nitrogen and oxygen atoms in total. The van der Waals surface area contributed by atoms with Gasteiger partial charge in [0.2, 0.25) is 11.2 Å². The Kier molecular flexibility index (Phi) is 4.16. The van der Waals surface area contributed by atoms with Gasteiger partial charge < -0.3 is 10.1 Å². The zero-order valence-corrected chi connectivity index (χ0v) is 11.5. The Hall–Kier alpha value is -2.19. The second-order valence-electron chi connectivity index (χ2n) is 3.43. The first-order valence-electron chi connectivity index (χ1n) is 5.20. The third-order valence-electron chi connectivity index (χ3n) is 2.14. The molecule has 2 aromatic rings.